The van der Waals surface area contributed by atoms with Crippen LogP contribution in [0.4, 0.5) is 10.5 Å². The molecule has 13 amide bonds. The van der Waals surface area contributed by atoms with E-state index < -0.39 is 149 Å². The summed E-state index contributed by atoms with van der Waals surface area (Å²) < 4.78 is 0. The molecular formula is C71H93ClN18O15. The third-order valence-corrected chi connectivity index (χ3v) is 17.6. The van der Waals surface area contributed by atoms with Gasteiger partial charge >= 0.3 is 6.03 Å². The Morgan fingerprint density at radius 2 is 1.18 bits per heavy atom. The summed E-state index contributed by atoms with van der Waals surface area (Å²) in [5.41, 5.74) is 23.4. The predicted molar refractivity (Wildman–Crippen MR) is 388 cm³/mol. The molecule has 1 aliphatic heterocycles. The number of rotatable bonds is 39. The molecule has 1 saturated heterocycles. The summed E-state index contributed by atoms with van der Waals surface area (Å²) in [6.07, 6.45) is 2.36. The number of aromatic nitrogens is 1. The minimum atomic E-state index is -1.89. The first-order valence-electron chi connectivity index (χ1n) is 34.2. The summed E-state index contributed by atoms with van der Waals surface area (Å²) in [6.45, 7) is 5.01. The standard InChI is InChI=1S/C71H93ClN18O15/c1-40(2)32-53(62(95)83-52(16-10-29-78-70(74)75)69(102)89-31-11-17-58(89)66(99)80-41(3)60(73)93)84-61(94)51(15-9-30-79-71(76)103)82-67(100)59(37-44-21-26-50(27-22-44)90(104)105)88(5)68(101)57(39-91)87-65(98)56(36-46-12-8-28-77-38-46)86-64(97)55(34-43-19-24-49(72)25-20-43)85-63(96)54(81-42(4)92)35-45-18-23-47-13-6-7-14-48(47)33-45/h6-8,12-14,18-28,33,38,40-41,51-59,91H,9-11,15-17,29-32,34-37,39H2,1-5H3,(H2,73,93)(H,80,99)(H,81,92)(H,82,100)(H,83,95)(H,84,94)(H,85,96)(H,86,97)(H,87,98)(H4,74,75,78)(H3,76,79,103)/t41?,51?,52-,53-,54?,55?,56?,57?,58-,59?/m0/s1. The van der Waals surface area contributed by atoms with Crippen molar-refractivity contribution >= 4 is 105 Å². The van der Waals surface area contributed by atoms with Crippen LogP contribution in [0.25, 0.3) is 10.8 Å². The first-order chi connectivity index (χ1) is 49.9. The number of nitro benzene ring substituents is 1. The maximum Gasteiger partial charge on any atom is 0.312 e. The van der Waals surface area contributed by atoms with Crippen molar-refractivity contribution in [3.63, 3.8) is 0 Å². The van der Waals surface area contributed by atoms with Crippen molar-refractivity contribution in [2.75, 3.05) is 33.3 Å². The fraction of sp³-hybridized carbons (Fsp3) is 0.437. The number of primary amides is 2. The lowest BCUT2D eigenvalue weighted by atomic mass is 9.99. The van der Waals surface area contributed by atoms with E-state index >= 15 is 4.79 Å². The molecule has 1 aliphatic rings. The summed E-state index contributed by atoms with van der Waals surface area (Å²) in [6, 6.07) is 12.4. The Bertz CT molecular complexity index is 3920. The topological polar surface area (TPSA) is 512 Å². The van der Waals surface area contributed by atoms with Crippen LogP contribution in [0.3, 0.4) is 0 Å². The van der Waals surface area contributed by atoms with Gasteiger partial charge in [-0.2, -0.15) is 0 Å². The second-order valence-electron chi connectivity index (χ2n) is 26.0. The van der Waals surface area contributed by atoms with Crippen LogP contribution < -0.4 is 70.8 Å². The van der Waals surface area contributed by atoms with Crippen molar-refractivity contribution in [2.45, 2.75) is 159 Å². The van der Waals surface area contributed by atoms with Crippen LogP contribution in [-0.2, 0) is 78.4 Å². The number of aliphatic hydroxyl groups is 1. The number of nitro groups is 1. The van der Waals surface area contributed by atoms with Crippen LogP contribution in [0.1, 0.15) is 94.9 Å². The number of likely N-dealkylation sites (tertiary alicyclic amines) is 1. The number of hydrogen-bond acceptors (Lipinski definition) is 17. The van der Waals surface area contributed by atoms with Crippen LogP contribution in [0, 0.1) is 16.0 Å². The van der Waals surface area contributed by atoms with E-state index in [0.717, 1.165) is 34.9 Å². The van der Waals surface area contributed by atoms with E-state index in [1.165, 1.54) is 43.3 Å². The average molecular weight is 1470 g/mol. The number of benzene rings is 4. The van der Waals surface area contributed by atoms with E-state index in [2.05, 4.69) is 57.8 Å². The number of non-ortho nitro benzene ring substituents is 1. The van der Waals surface area contributed by atoms with Crippen molar-refractivity contribution in [1.82, 2.24) is 62.6 Å². The maximum absolute atomic E-state index is 15.1. The van der Waals surface area contributed by atoms with Gasteiger partial charge in [0.1, 0.15) is 60.4 Å². The number of fused-ring (bicyclic) bond motifs is 1. The monoisotopic (exact) mass is 1470 g/mol. The Balaban J connectivity index is 1.29. The largest absolute Gasteiger partial charge is 0.394 e. The number of hydrogen-bond donors (Lipinski definition) is 14. The minimum absolute atomic E-state index is 0.0107. The van der Waals surface area contributed by atoms with Gasteiger partial charge in [-0.3, -0.25) is 72.8 Å². The number of carbonyl (C=O) groups excluding carboxylic acids is 12. The predicted octanol–water partition coefficient (Wildman–Crippen LogP) is -0.171. The highest BCUT2D eigenvalue weighted by Gasteiger charge is 2.41. The van der Waals surface area contributed by atoms with E-state index in [-0.39, 0.29) is 101 Å². The second kappa shape index (κ2) is 40.5. The molecule has 7 unspecified atom stereocenters. The van der Waals surface area contributed by atoms with Crippen molar-refractivity contribution in [3.8, 4) is 0 Å². The van der Waals surface area contributed by atoms with Gasteiger partial charge in [0.2, 0.25) is 65.0 Å². The smallest absolute Gasteiger partial charge is 0.312 e. The Labute approximate surface area is 611 Å². The zero-order valence-electron chi connectivity index (χ0n) is 59.0. The summed E-state index contributed by atoms with van der Waals surface area (Å²) in [7, 11) is 1.15. The number of likely N-dealkylation sites (N-methyl/N-ethyl adjacent to an activating group) is 1. The lowest BCUT2D eigenvalue weighted by molar-refractivity contribution is -0.384. The molecule has 6 rings (SSSR count). The number of nitrogens with zero attached hydrogens (tertiary/aromatic N) is 5. The highest BCUT2D eigenvalue weighted by molar-refractivity contribution is 6.30. The quantitative estimate of drug-likeness (QED) is 0.00798. The number of halogens is 1. The van der Waals surface area contributed by atoms with Gasteiger partial charge in [0.15, 0.2) is 5.96 Å². The minimum Gasteiger partial charge on any atom is -0.394 e. The van der Waals surface area contributed by atoms with Gasteiger partial charge in [-0.05, 0) is 109 Å². The van der Waals surface area contributed by atoms with Crippen molar-refractivity contribution < 1.29 is 67.6 Å². The summed E-state index contributed by atoms with van der Waals surface area (Å²) >= 11 is 6.23. The Kier molecular flexibility index (Phi) is 31.8. The third-order valence-electron chi connectivity index (χ3n) is 17.3. The molecule has 0 aliphatic carbocycles. The Morgan fingerprint density at radius 3 is 1.77 bits per heavy atom. The fourth-order valence-corrected chi connectivity index (χ4v) is 11.9. The third kappa shape index (κ3) is 26.1. The number of guanidine groups is 1. The van der Waals surface area contributed by atoms with E-state index in [9.17, 15) is 68.0 Å². The lowest BCUT2D eigenvalue weighted by Gasteiger charge is -2.33. The summed E-state index contributed by atoms with van der Waals surface area (Å²) in [5.74, 6) is -9.89. The number of nitrogens with two attached hydrogens (primary N) is 4. The average Bonchev–Trinajstić information content (AvgIpc) is 1.82. The maximum atomic E-state index is 15.1. The number of amides is 13. The number of aliphatic imine (C=N–C) groups is 1. The zero-order chi connectivity index (χ0) is 77.0. The first kappa shape index (κ1) is 82.6. The van der Waals surface area contributed by atoms with Gasteiger partial charge in [0.25, 0.3) is 5.69 Å². The van der Waals surface area contributed by atoms with Crippen LogP contribution in [-0.4, -0.2) is 195 Å². The van der Waals surface area contributed by atoms with Crippen LogP contribution in [0.5, 0.6) is 0 Å². The SMILES string of the molecule is CC(=O)NC(Cc1ccc2ccccc2c1)C(=O)NC(Cc1ccc(Cl)cc1)C(=O)NC(Cc1cccnc1)C(=O)NC(CO)C(=O)N(C)C(Cc1ccc([N+](=O)[O-])cc1)C(=O)NC(CCCNC(N)=O)C(=O)N[C@@H](CC(C)C)C(=O)N[C@@H](CCCN=C(N)N)C(=O)N1CCC[C@H]1C(=O)NC(C)C(N)=O. The zero-order valence-corrected chi connectivity index (χ0v) is 59.8. The van der Waals surface area contributed by atoms with Gasteiger partial charge < -0.3 is 85.7 Å². The molecule has 5 aromatic rings. The Morgan fingerprint density at radius 1 is 0.638 bits per heavy atom. The van der Waals surface area contributed by atoms with E-state index in [1.54, 1.807) is 50.2 Å². The van der Waals surface area contributed by atoms with Gasteiger partial charge in [-0.15, -0.1) is 0 Å². The van der Waals surface area contributed by atoms with E-state index in [1.807, 2.05) is 42.5 Å². The molecular weight excluding hydrogens is 1380 g/mol. The molecule has 564 valence electrons. The van der Waals surface area contributed by atoms with Crippen molar-refractivity contribution in [2.24, 2.45) is 33.8 Å². The van der Waals surface area contributed by atoms with E-state index in [0.29, 0.717) is 28.1 Å². The van der Waals surface area contributed by atoms with Crippen LogP contribution in [0.15, 0.2) is 121 Å². The second-order valence-corrected chi connectivity index (χ2v) is 26.4. The van der Waals surface area contributed by atoms with E-state index in [4.69, 9.17) is 34.5 Å². The van der Waals surface area contributed by atoms with Gasteiger partial charge in [-0.1, -0.05) is 98.2 Å². The molecule has 0 radical (unpaired) electrons. The highest BCUT2D eigenvalue weighted by Crippen LogP contribution is 2.23. The molecule has 34 heteroatoms. The van der Waals surface area contributed by atoms with Crippen LogP contribution in [0.2, 0.25) is 5.02 Å². The molecule has 0 bridgehead atoms. The number of aliphatic hydroxyl groups excluding tert-OH is 1. The molecule has 0 saturated carbocycles. The fourth-order valence-electron chi connectivity index (χ4n) is 11.8. The molecule has 1 aromatic heterocycles. The summed E-state index contributed by atoms with van der Waals surface area (Å²) in [4.78, 5) is 189. The molecule has 0 spiro atoms. The molecule has 10 atom stereocenters. The number of nitrogens with one attached hydrogen (secondary N) is 9. The molecule has 18 N–H and O–H groups in total. The number of pyridine rings is 1. The molecule has 1 fully saturated rings. The first-order valence-corrected chi connectivity index (χ1v) is 34.6. The van der Waals surface area contributed by atoms with Gasteiger partial charge in [-0.25, -0.2) is 4.79 Å². The molecule has 2 heterocycles. The van der Waals surface area contributed by atoms with Crippen LogP contribution >= 0.6 is 11.6 Å². The van der Waals surface area contributed by atoms with Gasteiger partial charge in [0, 0.05) is 88.8 Å². The lowest BCUT2D eigenvalue weighted by Crippen LogP contribution is -2.62. The van der Waals surface area contributed by atoms with Crippen molar-refractivity contribution in [1.29, 1.82) is 0 Å². The number of carbonyl (C=O) groups is 12. The van der Waals surface area contributed by atoms with Gasteiger partial charge in [0.05, 0.1) is 11.5 Å². The normalized spacial score (nSPS) is 15.1. The summed E-state index contributed by atoms with van der Waals surface area (Å²) in [5, 5.41) is 48.7. The number of urea groups is 1. The molecule has 4 aromatic carbocycles. The molecule has 33 nitrogen and oxygen atoms in total. The highest BCUT2D eigenvalue weighted by atomic mass is 35.5. The Hall–Kier alpha value is -11.3. The molecule has 105 heavy (non-hydrogen) atoms. The van der Waals surface area contributed by atoms with Crippen molar-refractivity contribution in [3.05, 3.63) is 153 Å².